The summed E-state index contributed by atoms with van der Waals surface area (Å²) in [7, 11) is 0. The minimum Gasteiger partial charge on any atom is -0.489 e. The molecule has 2 unspecified atom stereocenters. The Morgan fingerprint density at radius 2 is 0.882 bits per heavy atom. The van der Waals surface area contributed by atoms with Crippen molar-refractivity contribution in [1.82, 2.24) is 30.4 Å². The Hall–Kier alpha value is -6.78. The van der Waals surface area contributed by atoms with Crippen molar-refractivity contribution in [2.75, 3.05) is 52.5 Å². The van der Waals surface area contributed by atoms with Gasteiger partial charge >= 0.3 is 0 Å². The molecule has 68 heavy (non-hydrogen) atoms. The first-order valence-corrected chi connectivity index (χ1v) is 22.5. The first kappa shape index (κ1) is 49.1. The molecule has 2 amide bonds. The maximum absolute atomic E-state index is 13.7. The normalized spacial score (nSPS) is 15.6. The monoisotopic (exact) mass is 938 g/mol. The number of hydrogen-bond donors (Lipinski definition) is 2. The van der Waals surface area contributed by atoms with E-state index in [1.165, 1.54) is 24.3 Å². The van der Waals surface area contributed by atoms with Gasteiger partial charge in [0.25, 0.3) is 0 Å². The number of nitrogens with one attached hydrogen (secondary N) is 2. The smallest absolute Gasteiger partial charge is 0.224 e. The van der Waals surface area contributed by atoms with Crippen molar-refractivity contribution in [3.05, 3.63) is 191 Å². The van der Waals surface area contributed by atoms with Crippen LogP contribution in [0.5, 0.6) is 11.5 Å². The van der Waals surface area contributed by atoms with Gasteiger partial charge < -0.3 is 20.1 Å². The fourth-order valence-corrected chi connectivity index (χ4v) is 8.16. The van der Waals surface area contributed by atoms with Crippen LogP contribution in [0, 0.1) is 46.7 Å². The van der Waals surface area contributed by atoms with Gasteiger partial charge in [-0.05, 0) is 136 Å². The Kier molecular flexibility index (Phi) is 17.6. The number of nitrogens with zero attached hydrogens (tertiary/aromatic N) is 4. The van der Waals surface area contributed by atoms with Crippen LogP contribution >= 0.6 is 0 Å². The third kappa shape index (κ3) is 14.1. The molecule has 0 aliphatic carbocycles. The number of benzene rings is 4. The van der Waals surface area contributed by atoms with E-state index in [4.69, 9.17) is 9.47 Å². The van der Waals surface area contributed by atoms with E-state index >= 15 is 0 Å². The highest BCUT2D eigenvalue weighted by Crippen LogP contribution is 2.27. The predicted molar refractivity (Wildman–Crippen MR) is 243 cm³/mol. The number of hydrogen-bond acceptors (Lipinski definition) is 8. The van der Waals surface area contributed by atoms with E-state index in [1.807, 2.05) is 24.3 Å². The number of carbonyl (C=O) groups excluding carboxylic acids is 2. The highest BCUT2D eigenvalue weighted by Gasteiger charge is 2.30. The standard InChI is InChI=1S/2C26H26F3N3O2/c2*27-20-6-4-18(5-7-20)25(23-3-1-2-12-30-23)31-26(33)19-10-13-32(14-11-19)15-16-34-24-17-21(28)8-9-22(24)29/h2*1-9,12,17,19,25H,10-11,13-16H2,(H,31,33). The zero-order valence-electron chi connectivity index (χ0n) is 37.2. The van der Waals surface area contributed by atoms with E-state index in [0.717, 1.165) is 47.5 Å². The van der Waals surface area contributed by atoms with Gasteiger partial charge in [0.15, 0.2) is 23.1 Å². The second kappa shape index (κ2) is 24.3. The molecule has 0 bridgehead atoms. The topological polar surface area (TPSA) is 109 Å². The van der Waals surface area contributed by atoms with Crippen LogP contribution in [-0.4, -0.2) is 84.1 Å². The molecule has 2 aliphatic heterocycles. The lowest BCUT2D eigenvalue weighted by atomic mass is 9.94. The molecular weight excluding hydrogens is 887 g/mol. The van der Waals surface area contributed by atoms with Crippen molar-refractivity contribution < 1.29 is 45.4 Å². The third-order valence-corrected chi connectivity index (χ3v) is 12.0. The number of carbonyl (C=O) groups is 2. The Balaban J connectivity index is 0.000000201. The number of piperidine rings is 2. The molecule has 356 valence electrons. The summed E-state index contributed by atoms with van der Waals surface area (Å²) < 4.78 is 91.5. The van der Waals surface area contributed by atoms with Gasteiger partial charge in [0.05, 0.1) is 23.5 Å². The number of likely N-dealkylation sites (tertiary alicyclic amines) is 2. The average Bonchev–Trinajstić information content (AvgIpc) is 3.36. The Morgan fingerprint density at radius 3 is 1.24 bits per heavy atom. The van der Waals surface area contributed by atoms with E-state index in [0.29, 0.717) is 76.3 Å². The van der Waals surface area contributed by atoms with E-state index in [1.54, 1.807) is 48.8 Å². The van der Waals surface area contributed by atoms with Crippen LogP contribution in [0.15, 0.2) is 134 Å². The Bertz CT molecular complexity index is 2350. The molecule has 2 N–H and O–H groups in total. The van der Waals surface area contributed by atoms with Crippen LogP contribution in [0.3, 0.4) is 0 Å². The zero-order valence-corrected chi connectivity index (χ0v) is 37.2. The van der Waals surface area contributed by atoms with Gasteiger partial charge in [-0.1, -0.05) is 36.4 Å². The first-order chi connectivity index (χ1) is 33.0. The molecule has 2 atom stereocenters. The summed E-state index contributed by atoms with van der Waals surface area (Å²) in [4.78, 5) is 39.2. The number of aromatic nitrogens is 2. The van der Waals surface area contributed by atoms with Crippen molar-refractivity contribution in [1.29, 1.82) is 0 Å². The van der Waals surface area contributed by atoms with Crippen LogP contribution in [0.2, 0.25) is 0 Å². The van der Waals surface area contributed by atoms with Crippen LogP contribution in [0.1, 0.15) is 60.3 Å². The van der Waals surface area contributed by atoms with Crippen molar-refractivity contribution in [2.45, 2.75) is 37.8 Å². The highest BCUT2D eigenvalue weighted by atomic mass is 19.1. The quantitative estimate of drug-likeness (QED) is 0.0927. The average molecular weight is 939 g/mol. The van der Waals surface area contributed by atoms with Gasteiger partial charge in [-0.25, -0.2) is 26.3 Å². The maximum atomic E-state index is 13.7. The lowest BCUT2D eigenvalue weighted by molar-refractivity contribution is -0.127. The number of ether oxygens (including phenoxy) is 2. The fourth-order valence-electron chi connectivity index (χ4n) is 8.16. The van der Waals surface area contributed by atoms with Crippen molar-refractivity contribution in [3.63, 3.8) is 0 Å². The predicted octanol–water partition coefficient (Wildman–Crippen LogP) is 8.99. The molecule has 2 fully saturated rings. The number of halogens is 6. The minimum absolute atomic E-state index is 0.0716. The zero-order chi connectivity index (χ0) is 47.8. The van der Waals surface area contributed by atoms with Gasteiger partial charge in [-0.2, -0.15) is 0 Å². The highest BCUT2D eigenvalue weighted by molar-refractivity contribution is 5.80. The van der Waals surface area contributed by atoms with Crippen molar-refractivity contribution in [2.24, 2.45) is 11.8 Å². The van der Waals surface area contributed by atoms with Gasteiger partial charge in [0.2, 0.25) is 11.8 Å². The first-order valence-electron chi connectivity index (χ1n) is 22.5. The molecule has 6 aromatic rings. The molecule has 2 aliphatic rings. The molecule has 2 saturated heterocycles. The number of amides is 2. The minimum atomic E-state index is -0.597. The van der Waals surface area contributed by atoms with E-state index < -0.39 is 35.4 Å². The van der Waals surface area contributed by atoms with Gasteiger partial charge in [0.1, 0.15) is 36.5 Å². The molecule has 2 aromatic heterocycles. The molecule has 0 radical (unpaired) electrons. The molecule has 0 saturated carbocycles. The lowest BCUT2D eigenvalue weighted by Crippen LogP contribution is -2.43. The summed E-state index contributed by atoms with van der Waals surface area (Å²) >= 11 is 0. The molecule has 0 spiro atoms. The van der Waals surface area contributed by atoms with E-state index in [9.17, 15) is 35.9 Å². The summed E-state index contributed by atoms with van der Waals surface area (Å²) in [5.41, 5.74) is 2.88. The summed E-state index contributed by atoms with van der Waals surface area (Å²) in [5, 5.41) is 6.17. The SMILES string of the molecule is O=C(NC(c1ccc(F)cc1)c1ccccn1)C1CCN(CCOc2cc(F)ccc2F)CC1.O=C(NC(c1ccc(F)cc1)c1ccccn1)C1CCN(CCOc2cc(F)ccc2F)CC1. The van der Waals surface area contributed by atoms with Gasteiger partial charge in [-0.3, -0.25) is 29.4 Å². The number of pyridine rings is 2. The largest absolute Gasteiger partial charge is 0.489 e. The van der Waals surface area contributed by atoms with Crippen LogP contribution in [-0.2, 0) is 9.59 Å². The number of rotatable bonds is 16. The third-order valence-electron chi connectivity index (χ3n) is 12.0. The van der Waals surface area contributed by atoms with E-state index in [-0.39, 0.29) is 60.0 Å². The van der Waals surface area contributed by atoms with Crippen LogP contribution in [0.25, 0.3) is 0 Å². The second-order valence-corrected chi connectivity index (χ2v) is 16.6. The van der Waals surface area contributed by atoms with Crippen LogP contribution in [0.4, 0.5) is 26.3 Å². The van der Waals surface area contributed by atoms with Gasteiger partial charge in [-0.15, -0.1) is 0 Å². The van der Waals surface area contributed by atoms with Crippen LogP contribution < -0.4 is 20.1 Å². The maximum Gasteiger partial charge on any atom is 0.224 e. The Labute approximate surface area is 391 Å². The summed E-state index contributed by atoms with van der Waals surface area (Å²) in [5.74, 6) is -3.64. The van der Waals surface area contributed by atoms with Crippen molar-refractivity contribution in [3.8, 4) is 11.5 Å². The molecule has 4 aromatic carbocycles. The summed E-state index contributed by atoms with van der Waals surface area (Å²) in [6.07, 6.45) is 5.98. The Morgan fingerprint density at radius 1 is 0.515 bits per heavy atom. The fraction of sp³-hybridized carbons (Fsp3) is 0.308. The van der Waals surface area contributed by atoms with Crippen molar-refractivity contribution >= 4 is 11.8 Å². The molecule has 10 nitrogen and oxygen atoms in total. The van der Waals surface area contributed by atoms with Gasteiger partial charge in [0, 0.05) is 49.5 Å². The lowest BCUT2D eigenvalue weighted by Gasteiger charge is -2.32. The van der Waals surface area contributed by atoms with E-state index in [2.05, 4.69) is 30.4 Å². The molecule has 8 rings (SSSR count). The summed E-state index contributed by atoms with van der Waals surface area (Å²) in [6.45, 7) is 4.32. The second-order valence-electron chi connectivity index (χ2n) is 16.6. The molecule has 4 heterocycles. The molecular formula is C52H52F6N6O4. The summed E-state index contributed by atoms with van der Waals surface area (Å²) in [6, 6.07) is 28.3. The molecule has 16 heteroatoms.